The molecule has 0 aromatic heterocycles. The monoisotopic (exact) mass is 276 g/mol. The highest BCUT2D eigenvalue weighted by Crippen LogP contribution is 2.43. The summed E-state index contributed by atoms with van der Waals surface area (Å²) in [5.41, 5.74) is -0.458. The molecule has 1 saturated carbocycles. The molecule has 17 heavy (non-hydrogen) atoms. The van der Waals surface area contributed by atoms with Crippen LogP contribution in [0.4, 0.5) is 4.39 Å². The summed E-state index contributed by atoms with van der Waals surface area (Å²) < 4.78 is 13.3. The van der Waals surface area contributed by atoms with Gasteiger partial charge in [-0.25, -0.2) is 4.39 Å². The van der Waals surface area contributed by atoms with Crippen molar-refractivity contribution in [1.29, 1.82) is 0 Å². The highest BCUT2D eigenvalue weighted by atomic mass is 35.5. The molecule has 5 heteroatoms. The number of hydrogen-bond donors (Lipinski definition) is 1. The lowest BCUT2D eigenvalue weighted by Gasteiger charge is -2.24. The van der Waals surface area contributed by atoms with Gasteiger partial charge < -0.3 is 5.11 Å². The zero-order valence-electron chi connectivity index (χ0n) is 8.97. The number of carboxylic acids is 1. The average Bonchev–Trinajstić information content (AvgIpc) is 2.75. The quantitative estimate of drug-likeness (QED) is 0.829. The smallest absolute Gasteiger partial charge is 0.314 e. The molecule has 1 fully saturated rings. The molecule has 1 aliphatic rings. The van der Waals surface area contributed by atoms with Crippen molar-refractivity contribution < 1.29 is 14.3 Å². The second-order valence-electron chi connectivity index (χ2n) is 4.35. The minimum absolute atomic E-state index is 0.125. The predicted octanol–water partition coefficient (Wildman–Crippen LogP) is 4.03. The third-order valence-electron chi connectivity index (χ3n) is 3.40. The molecule has 0 radical (unpaired) electrons. The Bertz CT molecular complexity index is 445. The molecule has 0 spiro atoms. The highest BCUT2D eigenvalue weighted by molar-refractivity contribution is 6.35. The second-order valence-corrected chi connectivity index (χ2v) is 5.16. The van der Waals surface area contributed by atoms with E-state index in [-0.39, 0.29) is 10.0 Å². The van der Waals surface area contributed by atoms with E-state index in [2.05, 4.69) is 0 Å². The topological polar surface area (TPSA) is 37.3 Å². The maximum atomic E-state index is 13.3. The van der Waals surface area contributed by atoms with Crippen LogP contribution in [0.5, 0.6) is 0 Å². The molecule has 0 unspecified atom stereocenters. The van der Waals surface area contributed by atoms with Gasteiger partial charge in [0.05, 0.1) is 15.5 Å². The van der Waals surface area contributed by atoms with Crippen molar-refractivity contribution >= 4 is 29.2 Å². The van der Waals surface area contributed by atoms with E-state index in [1.165, 1.54) is 12.1 Å². The molecule has 0 amide bonds. The molecular formula is C12H11Cl2FO2. The van der Waals surface area contributed by atoms with Crippen LogP contribution < -0.4 is 0 Å². The first-order valence-electron chi connectivity index (χ1n) is 5.36. The van der Waals surface area contributed by atoms with E-state index in [1.807, 2.05) is 0 Å². The minimum atomic E-state index is -0.957. The molecule has 92 valence electrons. The third-order valence-corrected chi connectivity index (χ3v) is 3.95. The summed E-state index contributed by atoms with van der Waals surface area (Å²) in [5.74, 6) is -1.59. The van der Waals surface area contributed by atoms with E-state index in [9.17, 15) is 14.3 Å². The van der Waals surface area contributed by atoms with Gasteiger partial charge in [-0.2, -0.15) is 0 Å². The number of carboxylic acid groups (broad SMARTS) is 1. The Morgan fingerprint density at radius 1 is 1.24 bits per heavy atom. The van der Waals surface area contributed by atoms with Crippen LogP contribution in [0.2, 0.25) is 10.0 Å². The van der Waals surface area contributed by atoms with Gasteiger partial charge in [0.1, 0.15) is 0 Å². The van der Waals surface area contributed by atoms with Gasteiger partial charge >= 0.3 is 5.97 Å². The zero-order valence-corrected chi connectivity index (χ0v) is 10.5. The van der Waals surface area contributed by atoms with Crippen molar-refractivity contribution in [2.24, 2.45) is 0 Å². The first-order chi connectivity index (χ1) is 7.97. The van der Waals surface area contributed by atoms with Crippen LogP contribution >= 0.6 is 23.2 Å². The molecular weight excluding hydrogens is 266 g/mol. The van der Waals surface area contributed by atoms with Gasteiger partial charge in [0.15, 0.2) is 5.82 Å². The van der Waals surface area contributed by atoms with E-state index < -0.39 is 17.2 Å². The van der Waals surface area contributed by atoms with Crippen molar-refractivity contribution in [3.63, 3.8) is 0 Å². The summed E-state index contributed by atoms with van der Waals surface area (Å²) in [6.07, 6.45) is 2.78. The van der Waals surface area contributed by atoms with Crippen LogP contribution in [-0.4, -0.2) is 11.1 Å². The van der Waals surface area contributed by atoms with E-state index in [0.717, 1.165) is 12.8 Å². The molecule has 2 nitrogen and oxygen atoms in total. The van der Waals surface area contributed by atoms with Crippen molar-refractivity contribution in [1.82, 2.24) is 0 Å². The van der Waals surface area contributed by atoms with Gasteiger partial charge in [-0.15, -0.1) is 0 Å². The number of rotatable bonds is 2. The molecule has 1 aromatic rings. The molecule has 0 atom stereocenters. The van der Waals surface area contributed by atoms with Gasteiger partial charge in [-0.05, 0) is 30.5 Å². The van der Waals surface area contributed by atoms with Gasteiger partial charge in [0.25, 0.3) is 0 Å². The SMILES string of the molecule is O=C(O)C1(c2cc(Cl)c(F)c(Cl)c2)CCCC1. The molecule has 0 heterocycles. The number of aliphatic carboxylic acids is 1. The van der Waals surface area contributed by atoms with Crippen molar-refractivity contribution in [2.45, 2.75) is 31.1 Å². The van der Waals surface area contributed by atoms with E-state index in [0.29, 0.717) is 18.4 Å². The van der Waals surface area contributed by atoms with E-state index >= 15 is 0 Å². The van der Waals surface area contributed by atoms with Gasteiger partial charge in [0, 0.05) is 0 Å². The molecule has 1 aromatic carbocycles. The van der Waals surface area contributed by atoms with Crippen molar-refractivity contribution in [2.75, 3.05) is 0 Å². The summed E-state index contributed by atoms with van der Waals surface area (Å²) in [5, 5.41) is 9.14. The summed E-state index contributed by atoms with van der Waals surface area (Å²) in [7, 11) is 0. The Labute approximate surface area is 108 Å². The summed E-state index contributed by atoms with van der Waals surface area (Å²) in [6.45, 7) is 0. The van der Waals surface area contributed by atoms with Crippen molar-refractivity contribution in [3.8, 4) is 0 Å². The highest BCUT2D eigenvalue weighted by Gasteiger charge is 2.43. The fourth-order valence-corrected chi connectivity index (χ4v) is 2.92. The zero-order chi connectivity index (χ0) is 12.6. The fraction of sp³-hybridized carbons (Fsp3) is 0.417. The summed E-state index contributed by atoms with van der Waals surface area (Å²) >= 11 is 11.4. The minimum Gasteiger partial charge on any atom is -0.481 e. The standard InChI is InChI=1S/C12H11Cl2FO2/c13-8-5-7(6-9(14)10(8)15)12(11(16)17)3-1-2-4-12/h5-6H,1-4H2,(H,16,17). The Kier molecular flexibility index (Phi) is 3.32. The van der Waals surface area contributed by atoms with E-state index in [4.69, 9.17) is 23.2 Å². The molecule has 0 saturated heterocycles. The number of carbonyl (C=O) groups is 1. The Morgan fingerprint density at radius 2 is 1.71 bits per heavy atom. The van der Waals surface area contributed by atoms with Gasteiger partial charge in [-0.1, -0.05) is 36.0 Å². The number of hydrogen-bond acceptors (Lipinski definition) is 1. The summed E-state index contributed by atoms with van der Waals surface area (Å²) in [4.78, 5) is 11.5. The molecule has 1 N–H and O–H groups in total. The first-order valence-corrected chi connectivity index (χ1v) is 6.11. The molecule has 0 aliphatic heterocycles. The first kappa shape index (κ1) is 12.7. The largest absolute Gasteiger partial charge is 0.481 e. The third kappa shape index (κ3) is 2.02. The Morgan fingerprint density at radius 3 is 2.12 bits per heavy atom. The maximum Gasteiger partial charge on any atom is 0.314 e. The normalized spacial score (nSPS) is 18.3. The van der Waals surface area contributed by atoms with Gasteiger partial charge in [0.2, 0.25) is 0 Å². The molecule has 2 rings (SSSR count). The van der Waals surface area contributed by atoms with Crippen LogP contribution in [-0.2, 0) is 10.2 Å². The predicted molar refractivity (Wildman–Crippen MR) is 64.2 cm³/mol. The van der Waals surface area contributed by atoms with Crippen LogP contribution in [0.25, 0.3) is 0 Å². The van der Waals surface area contributed by atoms with E-state index in [1.54, 1.807) is 0 Å². The average molecular weight is 277 g/mol. The van der Waals surface area contributed by atoms with Crippen LogP contribution in [0.3, 0.4) is 0 Å². The lowest BCUT2D eigenvalue weighted by Crippen LogP contribution is -2.32. The summed E-state index contributed by atoms with van der Waals surface area (Å²) in [6, 6.07) is 2.75. The Hall–Kier alpha value is -0.800. The van der Waals surface area contributed by atoms with Crippen LogP contribution in [0.1, 0.15) is 31.2 Å². The fourth-order valence-electron chi connectivity index (χ4n) is 2.44. The Balaban J connectivity index is 2.55. The van der Waals surface area contributed by atoms with Crippen LogP contribution in [0.15, 0.2) is 12.1 Å². The molecule has 1 aliphatic carbocycles. The second kappa shape index (κ2) is 4.46. The molecule has 0 bridgehead atoms. The number of halogens is 3. The lowest BCUT2D eigenvalue weighted by molar-refractivity contribution is -0.143. The van der Waals surface area contributed by atoms with Gasteiger partial charge in [-0.3, -0.25) is 4.79 Å². The number of benzene rings is 1. The van der Waals surface area contributed by atoms with Crippen molar-refractivity contribution in [3.05, 3.63) is 33.6 Å². The van der Waals surface area contributed by atoms with Crippen LogP contribution in [0, 0.1) is 5.82 Å². The maximum absolute atomic E-state index is 13.3. The lowest BCUT2D eigenvalue weighted by atomic mass is 9.79.